The minimum absolute atomic E-state index is 0.0987. The Morgan fingerprint density at radius 2 is 1.86 bits per heavy atom. The first-order valence-corrected chi connectivity index (χ1v) is 9.81. The zero-order valence-electron chi connectivity index (χ0n) is 16.7. The molecule has 1 saturated carbocycles. The molecular formula is C21H29FN2O4. The van der Waals surface area contributed by atoms with Gasteiger partial charge in [-0.3, -0.25) is 9.59 Å². The molecule has 1 aliphatic rings. The Hall–Kier alpha value is -2.44. The molecule has 1 aromatic rings. The van der Waals surface area contributed by atoms with Gasteiger partial charge in [0.1, 0.15) is 11.9 Å². The molecule has 0 saturated heterocycles. The predicted molar refractivity (Wildman–Crippen MR) is 103 cm³/mol. The van der Waals surface area contributed by atoms with Crippen molar-refractivity contribution >= 4 is 17.8 Å². The van der Waals surface area contributed by atoms with Crippen LogP contribution in [-0.4, -0.2) is 36.5 Å². The van der Waals surface area contributed by atoms with Gasteiger partial charge in [0.25, 0.3) is 11.8 Å². The van der Waals surface area contributed by atoms with Gasteiger partial charge >= 0.3 is 5.97 Å². The Bertz CT molecular complexity index is 707. The van der Waals surface area contributed by atoms with E-state index in [0.29, 0.717) is 5.92 Å². The normalized spacial score (nSPS) is 20.3. The summed E-state index contributed by atoms with van der Waals surface area (Å²) in [5.41, 5.74) is -0.148. The van der Waals surface area contributed by atoms with Crippen molar-refractivity contribution in [1.29, 1.82) is 0 Å². The van der Waals surface area contributed by atoms with Crippen molar-refractivity contribution < 1.29 is 23.5 Å². The third kappa shape index (κ3) is 6.04. The highest BCUT2D eigenvalue weighted by atomic mass is 19.1. The topological polar surface area (TPSA) is 84.5 Å². The van der Waals surface area contributed by atoms with Crippen LogP contribution in [0.4, 0.5) is 4.39 Å². The van der Waals surface area contributed by atoms with Gasteiger partial charge in [-0.15, -0.1) is 0 Å². The third-order valence-electron chi connectivity index (χ3n) is 5.13. The van der Waals surface area contributed by atoms with Crippen LogP contribution in [0.2, 0.25) is 0 Å². The molecule has 0 aromatic heterocycles. The van der Waals surface area contributed by atoms with E-state index in [4.69, 9.17) is 4.74 Å². The highest BCUT2D eigenvalue weighted by Crippen LogP contribution is 2.23. The molecule has 0 spiro atoms. The Morgan fingerprint density at radius 1 is 1.18 bits per heavy atom. The minimum Gasteiger partial charge on any atom is -0.454 e. The van der Waals surface area contributed by atoms with Crippen LogP contribution < -0.4 is 10.6 Å². The van der Waals surface area contributed by atoms with E-state index >= 15 is 0 Å². The number of carbonyl (C=O) groups excluding carboxylic acids is 3. The number of halogens is 1. The fourth-order valence-electron chi connectivity index (χ4n) is 3.37. The van der Waals surface area contributed by atoms with Crippen LogP contribution in [0.25, 0.3) is 0 Å². The van der Waals surface area contributed by atoms with E-state index in [1.165, 1.54) is 30.7 Å². The number of carbonyl (C=O) groups is 3. The number of nitrogens with one attached hydrogen (secondary N) is 2. The van der Waals surface area contributed by atoms with Crippen molar-refractivity contribution in [2.45, 2.75) is 58.5 Å². The SMILES string of the molecule is CC1CCCCC1NC(=O)COC(=O)[C@@H](NC(=O)c1ccccc1F)C(C)C. The van der Waals surface area contributed by atoms with E-state index in [9.17, 15) is 18.8 Å². The van der Waals surface area contributed by atoms with Crippen LogP contribution in [0.15, 0.2) is 24.3 Å². The quantitative estimate of drug-likeness (QED) is 0.699. The lowest BCUT2D eigenvalue weighted by atomic mass is 9.86. The summed E-state index contributed by atoms with van der Waals surface area (Å²) in [5.74, 6) is -2.32. The number of rotatable bonds is 7. The fraction of sp³-hybridized carbons (Fsp3) is 0.571. The maximum atomic E-state index is 13.8. The molecule has 1 aliphatic carbocycles. The van der Waals surface area contributed by atoms with Crippen LogP contribution >= 0.6 is 0 Å². The van der Waals surface area contributed by atoms with Crippen LogP contribution in [-0.2, 0) is 14.3 Å². The molecule has 2 rings (SSSR count). The predicted octanol–water partition coefficient (Wildman–Crippen LogP) is 2.82. The largest absolute Gasteiger partial charge is 0.454 e. The van der Waals surface area contributed by atoms with Crippen LogP contribution in [0, 0.1) is 17.7 Å². The number of esters is 1. The van der Waals surface area contributed by atoms with Gasteiger partial charge in [0.15, 0.2) is 6.61 Å². The summed E-state index contributed by atoms with van der Waals surface area (Å²) in [7, 11) is 0. The van der Waals surface area contributed by atoms with E-state index in [-0.39, 0.29) is 23.4 Å². The zero-order valence-corrected chi connectivity index (χ0v) is 16.7. The Labute approximate surface area is 165 Å². The lowest BCUT2D eigenvalue weighted by molar-refractivity contribution is -0.151. The number of benzene rings is 1. The van der Waals surface area contributed by atoms with Gasteiger partial charge in [0, 0.05) is 6.04 Å². The Balaban J connectivity index is 1.89. The molecule has 2 N–H and O–H groups in total. The molecule has 6 nitrogen and oxygen atoms in total. The van der Waals surface area contributed by atoms with Gasteiger partial charge in [0.2, 0.25) is 0 Å². The van der Waals surface area contributed by atoms with Crippen molar-refractivity contribution in [3.63, 3.8) is 0 Å². The molecule has 0 heterocycles. The van der Waals surface area contributed by atoms with Crippen LogP contribution in [0.1, 0.15) is 56.8 Å². The summed E-state index contributed by atoms with van der Waals surface area (Å²) in [5, 5.41) is 5.41. The highest BCUT2D eigenvalue weighted by molar-refractivity contribution is 5.97. The molecule has 1 aromatic carbocycles. The first kappa shape index (κ1) is 21.9. The molecular weight excluding hydrogens is 363 g/mol. The molecule has 2 unspecified atom stereocenters. The smallest absolute Gasteiger partial charge is 0.329 e. The first-order valence-electron chi connectivity index (χ1n) is 9.81. The summed E-state index contributed by atoms with van der Waals surface area (Å²) in [6.07, 6.45) is 4.24. The first-order chi connectivity index (χ1) is 13.3. The second-order valence-electron chi connectivity index (χ2n) is 7.72. The lowest BCUT2D eigenvalue weighted by Gasteiger charge is -2.29. The standard InChI is InChI=1S/C21H29FN2O4/c1-13(2)19(24-20(26)15-9-5-6-10-16(15)22)21(27)28-12-18(25)23-17-11-7-4-8-14(17)3/h5-6,9-10,13-14,17,19H,4,7-8,11-12H2,1-3H3,(H,23,25)(H,24,26)/t14?,17?,19-/m0/s1. The minimum atomic E-state index is -0.978. The summed E-state index contributed by atoms with van der Waals surface area (Å²) in [6, 6.07) is 4.65. The van der Waals surface area contributed by atoms with Crippen LogP contribution in [0.3, 0.4) is 0 Å². The van der Waals surface area contributed by atoms with Crippen molar-refractivity contribution in [2.75, 3.05) is 6.61 Å². The molecule has 0 bridgehead atoms. The van der Waals surface area contributed by atoms with Gasteiger partial charge in [-0.05, 0) is 36.8 Å². The van der Waals surface area contributed by atoms with E-state index in [0.717, 1.165) is 19.3 Å². The highest BCUT2D eigenvalue weighted by Gasteiger charge is 2.28. The number of amides is 2. The van der Waals surface area contributed by atoms with Crippen molar-refractivity contribution in [1.82, 2.24) is 10.6 Å². The van der Waals surface area contributed by atoms with Gasteiger partial charge in [0.05, 0.1) is 5.56 Å². The second-order valence-corrected chi connectivity index (χ2v) is 7.72. The molecule has 7 heteroatoms. The maximum Gasteiger partial charge on any atom is 0.329 e. The Morgan fingerprint density at radius 3 is 2.50 bits per heavy atom. The second kappa shape index (κ2) is 10.2. The van der Waals surface area contributed by atoms with E-state index < -0.39 is 30.3 Å². The maximum absolute atomic E-state index is 13.8. The number of hydrogen-bond donors (Lipinski definition) is 2. The molecule has 0 aliphatic heterocycles. The molecule has 1 fully saturated rings. The van der Waals surface area contributed by atoms with E-state index in [2.05, 4.69) is 17.6 Å². The number of hydrogen-bond acceptors (Lipinski definition) is 4. The van der Waals surface area contributed by atoms with Gasteiger partial charge < -0.3 is 15.4 Å². The molecule has 154 valence electrons. The molecule has 2 amide bonds. The van der Waals surface area contributed by atoms with Gasteiger partial charge in [-0.25, -0.2) is 9.18 Å². The van der Waals surface area contributed by atoms with Crippen molar-refractivity contribution in [3.8, 4) is 0 Å². The molecule has 28 heavy (non-hydrogen) atoms. The average molecular weight is 392 g/mol. The summed E-state index contributed by atoms with van der Waals surface area (Å²) in [6.45, 7) is 5.17. The zero-order chi connectivity index (χ0) is 20.7. The van der Waals surface area contributed by atoms with Crippen molar-refractivity contribution in [2.24, 2.45) is 11.8 Å². The lowest BCUT2D eigenvalue weighted by Crippen LogP contribution is -2.47. The third-order valence-corrected chi connectivity index (χ3v) is 5.13. The van der Waals surface area contributed by atoms with Crippen molar-refractivity contribution in [3.05, 3.63) is 35.6 Å². The Kier molecular flexibility index (Phi) is 7.96. The summed E-state index contributed by atoms with van der Waals surface area (Å²) in [4.78, 5) is 36.8. The van der Waals surface area contributed by atoms with E-state index in [1.807, 2.05) is 0 Å². The summed E-state index contributed by atoms with van der Waals surface area (Å²) >= 11 is 0. The van der Waals surface area contributed by atoms with Crippen LogP contribution in [0.5, 0.6) is 0 Å². The number of ether oxygens (including phenoxy) is 1. The summed E-state index contributed by atoms with van der Waals surface area (Å²) < 4.78 is 18.9. The monoisotopic (exact) mass is 392 g/mol. The van der Waals surface area contributed by atoms with Gasteiger partial charge in [-0.2, -0.15) is 0 Å². The fourth-order valence-corrected chi connectivity index (χ4v) is 3.37. The molecule has 0 radical (unpaired) electrons. The van der Waals surface area contributed by atoms with E-state index in [1.54, 1.807) is 13.8 Å². The molecule has 3 atom stereocenters. The van der Waals surface area contributed by atoms with Gasteiger partial charge in [-0.1, -0.05) is 45.7 Å². The average Bonchev–Trinajstić information content (AvgIpc) is 2.66.